The third-order valence-corrected chi connectivity index (χ3v) is 2.72. The van der Waals surface area contributed by atoms with E-state index in [9.17, 15) is 9.59 Å². The van der Waals surface area contributed by atoms with Crippen molar-refractivity contribution in [2.24, 2.45) is 0 Å². The van der Waals surface area contributed by atoms with Gasteiger partial charge in [0.05, 0.1) is 6.04 Å². The second-order valence-electron chi connectivity index (χ2n) is 4.52. The number of nitrogens with one attached hydrogen (secondary N) is 1. The largest absolute Gasteiger partial charge is 0.355 e. The Hall–Kier alpha value is -2.04. The monoisotopic (exact) mass is 248 g/mol. The van der Waals surface area contributed by atoms with Crippen LogP contribution in [0.15, 0.2) is 30.3 Å². The molecule has 0 radical (unpaired) electrons. The van der Waals surface area contributed by atoms with Crippen molar-refractivity contribution in [2.45, 2.75) is 32.4 Å². The Labute approximate surface area is 106 Å². The van der Waals surface area contributed by atoms with Crippen LogP contribution < -0.4 is 5.32 Å². The van der Waals surface area contributed by atoms with Gasteiger partial charge in [0.2, 0.25) is 0 Å². The highest BCUT2D eigenvalue weighted by molar-refractivity contribution is 5.87. The highest BCUT2D eigenvalue weighted by Crippen LogP contribution is 2.12. The lowest BCUT2D eigenvalue weighted by Gasteiger charge is -2.32. The Morgan fingerprint density at radius 2 is 1.94 bits per heavy atom. The van der Waals surface area contributed by atoms with Gasteiger partial charge in [0.1, 0.15) is 6.04 Å². The second kappa shape index (κ2) is 5.08. The smallest absolute Gasteiger partial charge is 0.334 e. The molecule has 5 nitrogen and oxygen atoms in total. The molecular formula is C13H16N2O3. The highest BCUT2D eigenvalue weighted by atomic mass is 16.7. The minimum atomic E-state index is -0.616. The number of benzene rings is 1. The molecule has 0 saturated carbocycles. The quantitative estimate of drug-likeness (QED) is 0.881. The number of carbonyl (C=O) groups excluding carboxylic acids is 2. The van der Waals surface area contributed by atoms with Gasteiger partial charge in [0.15, 0.2) is 0 Å². The number of rotatable bonds is 3. The van der Waals surface area contributed by atoms with Gasteiger partial charge in [-0.1, -0.05) is 30.3 Å². The van der Waals surface area contributed by atoms with Crippen LogP contribution in [0.5, 0.6) is 0 Å². The van der Waals surface area contributed by atoms with Crippen LogP contribution in [0.2, 0.25) is 0 Å². The topological polar surface area (TPSA) is 58.6 Å². The fourth-order valence-corrected chi connectivity index (χ4v) is 1.80. The Bertz CT molecular complexity index is 445. The second-order valence-corrected chi connectivity index (χ2v) is 4.52. The molecule has 1 N–H and O–H groups in total. The predicted octanol–water partition coefficient (Wildman–Crippen LogP) is 1.49. The van der Waals surface area contributed by atoms with Crippen LogP contribution in [0.4, 0.5) is 4.79 Å². The normalized spacial score (nSPS) is 19.7. The van der Waals surface area contributed by atoms with Crippen LogP contribution >= 0.6 is 0 Å². The van der Waals surface area contributed by atoms with E-state index in [2.05, 4.69) is 5.32 Å². The Kier molecular flexibility index (Phi) is 3.50. The number of nitrogens with zero attached hydrogens (tertiary/aromatic N) is 1. The Balaban J connectivity index is 2.04. The Morgan fingerprint density at radius 1 is 1.28 bits per heavy atom. The lowest BCUT2D eigenvalue weighted by Crippen LogP contribution is -2.58. The van der Waals surface area contributed by atoms with Crippen LogP contribution in [0.25, 0.3) is 0 Å². The molecular weight excluding hydrogens is 232 g/mol. The maximum atomic E-state index is 11.8. The van der Waals surface area contributed by atoms with Crippen molar-refractivity contribution in [1.82, 2.24) is 10.4 Å². The number of hydroxylamine groups is 2. The van der Waals surface area contributed by atoms with Crippen LogP contribution in [-0.4, -0.2) is 29.1 Å². The SMILES string of the molecule is CC(C)N1OC(=O)[C@H](Cc2ccccc2)NC1=O. The van der Waals surface area contributed by atoms with Crippen LogP contribution in [0.3, 0.4) is 0 Å². The molecule has 1 heterocycles. The summed E-state index contributed by atoms with van der Waals surface area (Å²) < 4.78 is 0. The highest BCUT2D eigenvalue weighted by Gasteiger charge is 2.35. The van der Waals surface area contributed by atoms with Crippen LogP contribution in [0, 0.1) is 0 Å². The average Bonchev–Trinajstić information content (AvgIpc) is 2.34. The van der Waals surface area contributed by atoms with E-state index in [4.69, 9.17) is 4.84 Å². The fourth-order valence-electron chi connectivity index (χ4n) is 1.80. The molecule has 1 saturated heterocycles. The summed E-state index contributed by atoms with van der Waals surface area (Å²) in [4.78, 5) is 28.5. The molecule has 1 aliphatic rings. The third kappa shape index (κ3) is 2.61. The van der Waals surface area contributed by atoms with Crippen molar-refractivity contribution in [3.8, 4) is 0 Å². The van der Waals surface area contributed by atoms with E-state index in [0.717, 1.165) is 10.6 Å². The zero-order valence-electron chi connectivity index (χ0n) is 10.4. The maximum absolute atomic E-state index is 11.8. The van der Waals surface area contributed by atoms with Crippen molar-refractivity contribution in [3.05, 3.63) is 35.9 Å². The van der Waals surface area contributed by atoms with Gasteiger partial charge in [-0.25, -0.2) is 9.59 Å². The van der Waals surface area contributed by atoms with E-state index >= 15 is 0 Å². The first kappa shape index (κ1) is 12.4. The van der Waals surface area contributed by atoms with E-state index in [-0.39, 0.29) is 12.1 Å². The maximum Gasteiger partial charge on any atom is 0.355 e. The zero-order valence-corrected chi connectivity index (χ0v) is 10.4. The van der Waals surface area contributed by atoms with Gasteiger partial charge in [-0.15, -0.1) is 0 Å². The first-order valence-electron chi connectivity index (χ1n) is 5.93. The Morgan fingerprint density at radius 3 is 2.56 bits per heavy atom. The lowest BCUT2D eigenvalue weighted by molar-refractivity contribution is -0.192. The molecule has 18 heavy (non-hydrogen) atoms. The number of urea groups is 1. The molecule has 5 heteroatoms. The van der Waals surface area contributed by atoms with Gasteiger partial charge in [-0.2, -0.15) is 5.06 Å². The molecule has 0 bridgehead atoms. The van der Waals surface area contributed by atoms with Crippen molar-refractivity contribution < 1.29 is 14.4 Å². The molecule has 96 valence electrons. The summed E-state index contributed by atoms with van der Waals surface area (Å²) in [5.74, 6) is -0.424. The van der Waals surface area contributed by atoms with Gasteiger partial charge in [-0.3, -0.25) is 0 Å². The summed E-state index contributed by atoms with van der Waals surface area (Å²) in [6.07, 6.45) is 0.442. The molecule has 2 amide bonds. The van der Waals surface area contributed by atoms with Crippen LogP contribution in [-0.2, 0) is 16.1 Å². The summed E-state index contributed by atoms with van der Waals surface area (Å²) in [6.45, 7) is 3.56. The number of carbonyl (C=O) groups is 2. The first-order valence-corrected chi connectivity index (χ1v) is 5.93. The molecule has 1 aliphatic heterocycles. The minimum absolute atomic E-state index is 0.174. The summed E-state index contributed by atoms with van der Waals surface area (Å²) in [5, 5.41) is 3.72. The van der Waals surface area contributed by atoms with E-state index in [0.29, 0.717) is 6.42 Å². The van der Waals surface area contributed by atoms with Gasteiger partial charge in [-0.05, 0) is 19.4 Å². The van der Waals surface area contributed by atoms with E-state index in [1.165, 1.54) is 0 Å². The summed E-state index contributed by atoms with van der Waals surface area (Å²) in [7, 11) is 0. The molecule has 1 aromatic rings. The summed E-state index contributed by atoms with van der Waals surface area (Å²) in [5.41, 5.74) is 0.984. The van der Waals surface area contributed by atoms with Gasteiger partial charge in [0.25, 0.3) is 0 Å². The molecule has 2 rings (SSSR count). The van der Waals surface area contributed by atoms with Crippen molar-refractivity contribution >= 4 is 12.0 Å². The lowest BCUT2D eigenvalue weighted by atomic mass is 10.1. The fraction of sp³-hybridized carbons (Fsp3) is 0.385. The molecule has 0 aliphatic carbocycles. The molecule has 1 aromatic carbocycles. The molecule has 0 unspecified atom stereocenters. The first-order chi connectivity index (χ1) is 8.58. The molecule has 0 aromatic heterocycles. The zero-order chi connectivity index (χ0) is 13.1. The predicted molar refractivity (Wildman–Crippen MR) is 65.5 cm³/mol. The van der Waals surface area contributed by atoms with Crippen molar-refractivity contribution in [2.75, 3.05) is 0 Å². The third-order valence-electron chi connectivity index (χ3n) is 2.72. The molecule has 0 spiro atoms. The molecule has 1 atom stereocenters. The average molecular weight is 248 g/mol. The number of hydrogen-bond acceptors (Lipinski definition) is 3. The van der Waals surface area contributed by atoms with Crippen molar-refractivity contribution in [3.63, 3.8) is 0 Å². The van der Waals surface area contributed by atoms with E-state index < -0.39 is 12.0 Å². The van der Waals surface area contributed by atoms with Gasteiger partial charge >= 0.3 is 12.0 Å². The summed E-state index contributed by atoms with van der Waals surface area (Å²) in [6, 6.07) is 8.36. The number of amides is 2. The van der Waals surface area contributed by atoms with Crippen LogP contribution in [0.1, 0.15) is 19.4 Å². The summed E-state index contributed by atoms with van der Waals surface area (Å²) >= 11 is 0. The molecule has 1 fully saturated rings. The number of hydrogen-bond donors (Lipinski definition) is 1. The minimum Gasteiger partial charge on any atom is -0.334 e. The van der Waals surface area contributed by atoms with Gasteiger partial charge in [0, 0.05) is 6.42 Å². The van der Waals surface area contributed by atoms with E-state index in [1.807, 2.05) is 30.3 Å². The van der Waals surface area contributed by atoms with Gasteiger partial charge < -0.3 is 10.2 Å². The standard InChI is InChI=1S/C13H16N2O3/c1-9(2)15-13(17)14-11(12(16)18-15)8-10-6-4-3-5-7-10/h3-7,9,11H,8H2,1-2H3,(H,14,17)/t11-/m0/s1. The van der Waals surface area contributed by atoms with E-state index in [1.54, 1.807) is 13.8 Å². The van der Waals surface area contributed by atoms with Crippen molar-refractivity contribution in [1.29, 1.82) is 0 Å².